The molecule has 0 radical (unpaired) electrons. The maximum absolute atomic E-state index is 12.4. The number of nitrogens with zero attached hydrogens (tertiary/aromatic N) is 2. The number of hydrogen-bond acceptors (Lipinski definition) is 5. The van der Waals surface area contributed by atoms with Crippen molar-refractivity contribution in [3.8, 4) is 5.75 Å². The van der Waals surface area contributed by atoms with Crippen LogP contribution in [-0.2, 0) is 0 Å². The number of carbonyl (C=O) groups is 1. The summed E-state index contributed by atoms with van der Waals surface area (Å²) in [6, 6.07) is 5.11. The van der Waals surface area contributed by atoms with Gasteiger partial charge in [0.05, 0.1) is 12.6 Å². The summed E-state index contributed by atoms with van der Waals surface area (Å²) in [6.45, 7) is 6.71. The van der Waals surface area contributed by atoms with Gasteiger partial charge in [0.25, 0.3) is 5.91 Å². The van der Waals surface area contributed by atoms with Crippen LogP contribution in [0.4, 0.5) is 0 Å². The van der Waals surface area contributed by atoms with Gasteiger partial charge in [-0.3, -0.25) is 9.89 Å². The van der Waals surface area contributed by atoms with Gasteiger partial charge >= 0.3 is 0 Å². The van der Waals surface area contributed by atoms with Gasteiger partial charge in [0, 0.05) is 5.56 Å². The summed E-state index contributed by atoms with van der Waals surface area (Å²) >= 11 is 0. The Morgan fingerprint density at radius 3 is 2.87 bits per heavy atom. The van der Waals surface area contributed by atoms with Gasteiger partial charge < -0.3 is 15.8 Å². The van der Waals surface area contributed by atoms with Crippen LogP contribution in [0.3, 0.4) is 0 Å². The fourth-order valence-electron chi connectivity index (χ4n) is 2.06. The first-order chi connectivity index (χ1) is 11.0. The lowest BCUT2D eigenvalue weighted by molar-refractivity contribution is 0.0938. The fourth-order valence-corrected chi connectivity index (χ4v) is 2.06. The number of rotatable bonds is 7. The molecule has 7 nitrogen and oxygen atoms in total. The molecule has 0 aliphatic carbocycles. The Hall–Kier alpha value is -2.41. The van der Waals surface area contributed by atoms with Crippen LogP contribution in [0.2, 0.25) is 0 Å². The molecule has 0 saturated carbocycles. The molecule has 1 aromatic heterocycles. The minimum atomic E-state index is -0.282. The number of nitrogens with two attached hydrogens (primary N) is 1. The van der Waals surface area contributed by atoms with Gasteiger partial charge in [-0.05, 0) is 51.4 Å². The number of aryl methyl sites for hydroxylation is 2. The monoisotopic (exact) mass is 317 g/mol. The van der Waals surface area contributed by atoms with E-state index in [9.17, 15) is 4.79 Å². The zero-order valence-electron chi connectivity index (χ0n) is 13.7. The lowest BCUT2D eigenvalue weighted by Gasteiger charge is -2.13. The second-order valence-corrected chi connectivity index (χ2v) is 5.45. The third kappa shape index (κ3) is 4.53. The topological polar surface area (TPSA) is 106 Å². The van der Waals surface area contributed by atoms with Crippen molar-refractivity contribution in [1.29, 1.82) is 0 Å². The van der Waals surface area contributed by atoms with Gasteiger partial charge in [0.2, 0.25) is 0 Å². The smallest absolute Gasteiger partial charge is 0.251 e. The summed E-state index contributed by atoms with van der Waals surface area (Å²) in [7, 11) is 0. The minimum Gasteiger partial charge on any atom is -0.493 e. The fraction of sp³-hybridized carbons (Fsp3) is 0.438. The molecule has 1 unspecified atom stereocenters. The largest absolute Gasteiger partial charge is 0.493 e. The Balaban J connectivity index is 2.05. The molecule has 1 aromatic carbocycles. The van der Waals surface area contributed by atoms with Crippen LogP contribution in [0, 0.1) is 13.8 Å². The number of benzene rings is 1. The molecule has 1 heterocycles. The van der Waals surface area contributed by atoms with E-state index in [0.29, 0.717) is 36.1 Å². The van der Waals surface area contributed by atoms with Crippen molar-refractivity contribution in [3.63, 3.8) is 0 Å². The molecule has 23 heavy (non-hydrogen) atoms. The number of aromatic nitrogens is 3. The summed E-state index contributed by atoms with van der Waals surface area (Å²) in [6.07, 6.45) is 0.775. The van der Waals surface area contributed by atoms with Crippen molar-refractivity contribution in [2.24, 2.45) is 5.73 Å². The van der Waals surface area contributed by atoms with Crippen LogP contribution in [0.15, 0.2) is 18.2 Å². The van der Waals surface area contributed by atoms with Crippen molar-refractivity contribution in [3.05, 3.63) is 41.0 Å². The van der Waals surface area contributed by atoms with E-state index in [-0.39, 0.29) is 11.9 Å². The highest BCUT2D eigenvalue weighted by molar-refractivity contribution is 5.94. The highest BCUT2D eigenvalue weighted by atomic mass is 16.5. The normalized spacial score (nSPS) is 12.0. The second kappa shape index (κ2) is 7.73. The number of carbonyl (C=O) groups excluding carboxylic acids is 1. The first-order valence-electron chi connectivity index (χ1n) is 7.64. The molecule has 0 fully saturated rings. The van der Waals surface area contributed by atoms with Crippen molar-refractivity contribution >= 4 is 5.91 Å². The summed E-state index contributed by atoms with van der Waals surface area (Å²) in [5.74, 6) is 1.78. The SMILES string of the molecule is Cc1nc(C(C)NC(=O)c2ccc(C)c(OCCCN)c2)n[nH]1. The van der Waals surface area contributed by atoms with Gasteiger partial charge in [-0.2, -0.15) is 5.10 Å². The number of hydrogen-bond donors (Lipinski definition) is 3. The maximum atomic E-state index is 12.4. The van der Waals surface area contributed by atoms with Crippen LogP contribution in [0.1, 0.15) is 47.0 Å². The summed E-state index contributed by atoms with van der Waals surface area (Å²) in [5, 5.41) is 9.70. The van der Waals surface area contributed by atoms with E-state index in [4.69, 9.17) is 10.5 Å². The summed E-state index contributed by atoms with van der Waals surface area (Å²) in [5.41, 5.74) is 6.98. The molecule has 0 bridgehead atoms. The lowest BCUT2D eigenvalue weighted by Crippen LogP contribution is -2.27. The van der Waals surface area contributed by atoms with E-state index in [1.165, 1.54) is 0 Å². The van der Waals surface area contributed by atoms with E-state index in [1.54, 1.807) is 12.1 Å². The van der Waals surface area contributed by atoms with Gasteiger partial charge in [0.15, 0.2) is 5.82 Å². The average Bonchev–Trinajstić information content (AvgIpc) is 2.96. The quantitative estimate of drug-likeness (QED) is 0.673. The van der Waals surface area contributed by atoms with Crippen molar-refractivity contribution in [2.45, 2.75) is 33.2 Å². The molecule has 1 atom stereocenters. The van der Waals surface area contributed by atoms with Crippen molar-refractivity contribution < 1.29 is 9.53 Å². The van der Waals surface area contributed by atoms with Crippen LogP contribution in [0.25, 0.3) is 0 Å². The average molecular weight is 317 g/mol. The molecule has 4 N–H and O–H groups in total. The number of amides is 1. The number of ether oxygens (including phenoxy) is 1. The zero-order chi connectivity index (χ0) is 16.8. The maximum Gasteiger partial charge on any atom is 0.251 e. The molecule has 124 valence electrons. The lowest BCUT2D eigenvalue weighted by atomic mass is 10.1. The molecule has 0 saturated heterocycles. The van der Waals surface area contributed by atoms with Crippen LogP contribution in [-0.4, -0.2) is 34.2 Å². The highest BCUT2D eigenvalue weighted by Gasteiger charge is 2.16. The Morgan fingerprint density at radius 2 is 2.22 bits per heavy atom. The van der Waals surface area contributed by atoms with Gasteiger partial charge in [-0.1, -0.05) is 6.07 Å². The molecule has 0 aliphatic heterocycles. The van der Waals surface area contributed by atoms with Gasteiger partial charge in [0.1, 0.15) is 11.6 Å². The first-order valence-corrected chi connectivity index (χ1v) is 7.64. The summed E-state index contributed by atoms with van der Waals surface area (Å²) < 4.78 is 5.67. The van der Waals surface area contributed by atoms with Crippen LogP contribution in [0.5, 0.6) is 5.75 Å². The Labute approximate surface area is 135 Å². The van der Waals surface area contributed by atoms with E-state index >= 15 is 0 Å². The summed E-state index contributed by atoms with van der Waals surface area (Å²) in [4.78, 5) is 16.6. The van der Waals surface area contributed by atoms with Crippen LogP contribution < -0.4 is 15.8 Å². The molecule has 0 aliphatic rings. The van der Waals surface area contributed by atoms with Crippen molar-refractivity contribution in [1.82, 2.24) is 20.5 Å². The van der Waals surface area contributed by atoms with E-state index in [2.05, 4.69) is 20.5 Å². The zero-order valence-corrected chi connectivity index (χ0v) is 13.7. The van der Waals surface area contributed by atoms with Crippen molar-refractivity contribution in [2.75, 3.05) is 13.2 Å². The third-order valence-electron chi connectivity index (χ3n) is 3.41. The third-order valence-corrected chi connectivity index (χ3v) is 3.41. The van der Waals surface area contributed by atoms with Gasteiger partial charge in [-0.15, -0.1) is 0 Å². The predicted molar refractivity (Wildman–Crippen MR) is 87.3 cm³/mol. The molecular formula is C16H23N5O2. The minimum absolute atomic E-state index is 0.191. The Bertz CT molecular complexity index is 668. The van der Waals surface area contributed by atoms with Gasteiger partial charge in [-0.25, -0.2) is 4.98 Å². The van der Waals surface area contributed by atoms with E-state index in [0.717, 1.165) is 12.0 Å². The second-order valence-electron chi connectivity index (χ2n) is 5.45. The number of H-pyrrole nitrogens is 1. The molecule has 1 amide bonds. The molecule has 2 rings (SSSR count). The number of aromatic amines is 1. The predicted octanol–water partition coefficient (Wildman–Crippen LogP) is 1.64. The highest BCUT2D eigenvalue weighted by Crippen LogP contribution is 2.20. The molecule has 0 spiro atoms. The first kappa shape index (κ1) is 17.0. The standard InChI is InChI=1S/C16H23N5O2/c1-10-5-6-13(9-14(10)23-8-4-7-17)16(22)18-11(2)15-19-12(3)20-21-15/h5-6,9,11H,4,7-8,17H2,1-3H3,(H,18,22)(H,19,20,21). The Kier molecular flexibility index (Phi) is 5.70. The van der Waals surface area contributed by atoms with E-state index < -0.39 is 0 Å². The molecule has 7 heteroatoms. The molecular weight excluding hydrogens is 294 g/mol. The Morgan fingerprint density at radius 1 is 1.43 bits per heavy atom. The van der Waals surface area contributed by atoms with E-state index in [1.807, 2.05) is 26.8 Å². The molecule has 2 aromatic rings. The van der Waals surface area contributed by atoms with Crippen LogP contribution >= 0.6 is 0 Å². The number of nitrogens with one attached hydrogen (secondary N) is 2.